The highest BCUT2D eigenvalue weighted by Gasteiger charge is 2.57. The molecular formula is C48H78N2O13S. The summed E-state index contributed by atoms with van der Waals surface area (Å²) in [6, 6.07) is -0.881. The molecule has 19 atom stereocenters. The van der Waals surface area contributed by atoms with Crippen LogP contribution in [0.2, 0.25) is 0 Å². The van der Waals surface area contributed by atoms with Crippen molar-refractivity contribution in [3.8, 4) is 0 Å². The number of carboxylic acid groups (broad SMARTS) is 1. The number of aromatic nitrogens is 1. The summed E-state index contributed by atoms with van der Waals surface area (Å²) in [5, 5.41) is 36.8. The first-order valence-electron chi connectivity index (χ1n) is 24.1. The average molecular weight is 923 g/mol. The molecule has 1 aromatic heterocycles. The van der Waals surface area contributed by atoms with Crippen LogP contribution in [0, 0.1) is 55.3 Å². The second kappa shape index (κ2) is 19.7. The minimum absolute atomic E-state index is 0.0362. The number of carboxylic acids is 1. The van der Waals surface area contributed by atoms with Gasteiger partial charge in [-0.25, -0.2) is 13.1 Å². The number of nitrogens with zero attached hydrogens (tertiary/aromatic N) is 1. The first-order valence-corrected chi connectivity index (χ1v) is 25.6. The Labute approximate surface area is 381 Å². The van der Waals surface area contributed by atoms with Crippen molar-refractivity contribution in [2.75, 3.05) is 0 Å². The van der Waals surface area contributed by atoms with Crippen LogP contribution in [0.1, 0.15) is 145 Å². The molecule has 16 heteroatoms. The molecule has 64 heavy (non-hydrogen) atoms. The van der Waals surface area contributed by atoms with Crippen molar-refractivity contribution >= 4 is 21.8 Å². The van der Waals surface area contributed by atoms with Gasteiger partial charge in [-0.05, 0) is 110 Å². The first-order chi connectivity index (χ1) is 30.0. The number of rotatable bonds is 16. The summed E-state index contributed by atoms with van der Waals surface area (Å²) in [5.41, 5.74) is -1.43. The van der Waals surface area contributed by atoms with Crippen molar-refractivity contribution in [3.63, 3.8) is 0 Å². The fraction of sp³-hybridized carbons (Fsp3) is 0.854. The van der Waals surface area contributed by atoms with Crippen LogP contribution in [0.3, 0.4) is 0 Å². The summed E-state index contributed by atoms with van der Waals surface area (Å²) in [7, 11) is -4.16. The van der Waals surface area contributed by atoms with Crippen LogP contribution in [0.25, 0.3) is 0 Å². The lowest BCUT2D eigenvalue weighted by Crippen LogP contribution is -2.62. The van der Waals surface area contributed by atoms with Gasteiger partial charge in [0.2, 0.25) is 10.0 Å². The number of hydrogen-bond acceptors (Lipinski definition) is 13. The average Bonchev–Trinajstić information content (AvgIpc) is 3.82. The number of aliphatic hydroxyl groups excluding tert-OH is 1. The fourth-order valence-electron chi connectivity index (χ4n) is 11.9. The lowest BCUT2D eigenvalue weighted by molar-refractivity contribution is -0.327. The molecule has 6 heterocycles. The fourth-order valence-corrected chi connectivity index (χ4v) is 13.4. The van der Waals surface area contributed by atoms with Gasteiger partial charge in [-0.15, -0.1) is 0 Å². The number of ketones is 1. The van der Waals surface area contributed by atoms with Crippen molar-refractivity contribution in [1.29, 1.82) is 0 Å². The van der Waals surface area contributed by atoms with Gasteiger partial charge in [0.25, 0.3) is 0 Å². The summed E-state index contributed by atoms with van der Waals surface area (Å²) in [5.74, 6) is -4.85. The summed E-state index contributed by atoms with van der Waals surface area (Å²) in [6.07, 6.45) is 4.73. The second-order valence-electron chi connectivity index (χ2n) is 20.5. The zero-order chi connectivity index (χ0) is 47.3. The SMILES string of the molecule is CC[C@@H](C(=O)[C@@H](C)[C@@H](O)[C@H](C)[C@@H]1O[C@@H]([C@@H](CC)C(=O)O)CC[C@@H]1C)[C@H]1O[C@]2(C=C[C@@H](NS(=O)(=O)c3c(C)noc3C)C(C3CC[C@@](C)([C@H]4CC[C@](O)(CC)[C@H](C)O4)O3)O2)[C@H](C)C[C@@H]1C. The van der Waals surface area contributed by atoms with Gasteiger partial charge < -0.3 is 43.5 Å². The third-order valence-electron chi connectivity index (χ3n) is 16.2. The topological polar surface area (TPSA) is 213 Å². The van der Waals surface area contributed by atoms with E-state index in [-0.39, 0.29) is 46.0 Å². The molecule has 5 aliphatic rings. The maximum Gasteiger partial charge on any atom is 0.309 e. The van der Waals surface area contributed by atoms with E-state index in [1.165, 1.54) is 0 Å². The molecule has 6 rings (SSSR count). The van der Waals surface area contributed by atoms with Crippen LogP contribution < -0.4 is 4.72 Å². The Kier molecular flexibility index (Phi) is 15.8. The van der Waals surface area contributed by atoms with E-state index < -0.39 is 105 Å². The van der Waals surface area contributed by atoms with E-state index in [4.69, 9.17) is 28.2 Å². The van der Waals surface area contributed by atoms with Crippen molar-refractivity contribution in [2.45, 2.75) is 224 Å². The van der Waals surface area contributed by atoms with Crippen LogP contribution in [-0.2, 0) is 43.3 Å². The Morgan fingerprint density at radius 1 is 0.922 bits per heavy atom. The van der Waals surface area contributed by atoms with Crippen molar-refractivity contribution < 1.29 is 61.5 Å². The van der Waals surface area contributed by atoms with Gasteiger partial charge in [0, 0.05) is 23.7 Å². The van der Waals surface area contributed by atoms with Crippen LogP contribution in [0.15, 0.2) is 21.6 Å². The van der Waals surface area contributed by atoms with Crippen molar-refractivity contribution in [2.24, 2.45) is 41.4 Å². The van der Waals surface area contributed by atoms with E-state index in [1.807, 2.05) is 48.5 Å². The second-order valence-corrected chi connectivity index (χ2v) is 22.2. The number of aliphatic hydroxyl groups is 2. The Balaban J connectivity index is 1.25. The van der Waals surface area contributed by atoms with Crippen LogP contribution in [-0.4, -0.2) is 113 Å². The maximum absolute atomic E-state index is 14.7. The maximum atomic E-state index is 14.7. The molecule has 1 aromatic rings. The molecule has 0 saturated carbocycles. The normalized spacial score (nSPS) is 40.8. The monoisotopic (exact) mass is 923 g/mol. The number of nitrogens with one attached hydrogen (secondary N) is 1. The standard InChI is InChI=1S/C48H78N2O13S/c1-13-33(45(53)54)36-17-16-25(4)41(59-36)29(8)39(51)28(7)40(52)34(14-2)42-26(5)24-27(6)48(61-42)23-18-35(50-64(56,57)44-30(9)49-63-31(44)10)43(62-48)37-19-21-46(12,60-37)38-20-22-47(55,15-3)32(11)58-38/h18,23,25-29,32-39,41-43,50-51,55H,13-17,19-22,24H2,1-12H3,(H,53,54)/t25-,26-,27+,28-,29-,32-,33+,34-,35+,36+,37?,38+,39+,41+,42-,43?,46-,47+,48-/m0/s1. The van der Waals surface area contributed by atoms with Gasteiger partial charge in [0.15, 0.2) is 11.5 Å². The zero-order valence-corrected chi connectivity index (χ0v) is 41.1. The van der Waals surface area contributed by atoms with Crippen molar-refractivity contribution in [3.05, 3.63) is 23.6 Å². The number of carbonyl (C=O) groups is 2. The third-order valence-corrected chi connectivity index (χ3v) is 17.9. The van der Waals surface area contributed by atoms with E-state index in [9.17, 15) is 33.3 Å². The Morgan fingerprint density at radius 3 is 2.20 bits per heavy atom. The van der Waals surface area contributed by atoms with E-state index in [0.717, 1.165) is 6.42 Å². The zero-order valence-electron chi connectivity index (χ0n) is 40.2. The molecule has 0 radical (unpaired) electrons. The Morgan fingerprint density at radius 2 is 1.61 bits per heavy atom. The number of carbonyl (C=O) groups excluding carboxylic acids is 1. The highest BCUT2D eigenvalue weighted by Crippen LogP contribution is 2.49. The van der Waals surface area contributed by atoms with E-state index in [2.05, 4.69) is 23.7 Å². The summed E-state index contributed by atoms with van der Waals surface area (Å²) < 4.78 is 70.4. The number of hydrogen-bond donors (Lipinski definition) is 4. The predicted molar refractivity (Wildman–Crippen MR) is 238 cm³/mol. The summed E-state index contributed by atoms with van der Waals surface area (Å²) in [4.78, 5) is 26.7. The van der Waals surface area contributed by atoms with Crippen LogP contribution in [0.4, 0.5) is 0 Å². The van der Waals surface area contributed by atoms with Gasteiger partial charge in [0.1, 0.15) is 22.5 Å². The molecule has 1 spiro atoms. The molecule has 0 bridgehead atoms. The molecule has 15 nitrogen and oxygen atoms in total. The quantitative estimate of drug-likeness (QED) is 0.125. The minimum Gasteiger partial charge on any atom is -0.481 e. The number of aliphatic carboxylic acids is 1. The molecule has 0 amide bonds. The Bertz CT molecular complexity index is 1920. The van der Waals surface area contributed by atoms with Gasteiger partial charge in [0.05, 0.1) is 65.9 Å². The van der Waals surface area contributed by atoms with Gasteiger partial charge >= 0.3 is 5.97 Å². The van der Waals surface area contributed by atoms with E-state index >= 15 is 0 Å². The number of Topliss-reactive ketones (excluding diaryl/α,β-unsaturated/α-hetero) is 1. The largest absolute Gasteiger partial charge is 0.481 e. The van der Waals surface area contributed by atoms with Gasteiger partial charge in [-0.2, -0.15) is 0 Å². The van der Waals surface area contributed by atoms with Gasteiger partial charge in [-0.1, -0.05) is 66.6 Å². The lowest BCUT2D eigenvalue weighted by atomic mass is 9.72. The highest BCUT2D eigenvalue weighted by atomic mass is 32.2. The van der Waals surface area contributed by atoms with Crippen LogP contribution >= 0.6 is 0 Å². The van der Waals surface area contributed by atoms with Gasteiger partial charge in [-0.3, -0.25) is 9.59 Å². The minimum atomic E-state index is -4.16. The molecule has 2 unspecified atom stereocenters. The summed E-state index contributed by atoms with van der Waals surface area (Å²) in [6.45, 7) is 22.6. The van der Waals surface area contributed by atoms with E-state index in [0.29, 0.717) is 57.8 Å². The summed E-state index contributed by atoms with van der Waals surface area (Å²) >= 11 is 0. The third kappa shape index (κ3) is 9.83. The number of ether oxygens (including phenoxy) is 5. The molecule has 4 N–H and O–H groups in total. The smallest absolute Gasteiger partial charge is 0.309 e. The molecule has 4 fully saturated rings. The molecule has 5 aliphatic heterocycles. The molecule has 364 valence electrons. The molecule has 0 aliphatic carbocycles. The van der Waals surface area contributed by atoms with Crippen LogP contribution in [0.5, 0.6) is 0 Å². The number of aryl methyl sites for hydroxylation is 2. The molecule has 0 aromatic carbocycles. The van der Waals surface area contributed by atoms with Crippen molar-refractivity contribution in [1.82, 2.24) is 9.88 Å². The molecule has 4 saturated heterocycles. The van der Waals surface area contributed by atoms with E-state index in [1.54, 1.807) is 32.9 Å². The Hall–Kier alpha value is -2.28. The number of sulfonamides is 1. The molecular weight excluding hydrogens is 845 g/mol. The highest BCUT2D eigenvalue weighted by molar-refractivity contribution is 7.89. The predicted octanol–water partition coefficient (Wildman–Crippen LogP) is 6.82. The first kappa shape index (κ1) is 51.1. The lowest BCUT2D eigenvalue weighted by Gasteiger charge is -2.52.